The fourth-order valence-corrected chi connectivity index (χ4v) is 1.79. The highest BCUT2D eigenvalue weighted by Gasteiger charge is 2.32. The number of halogens is 4. The fourth-order valence-electron chi connectivity index (χ4n) is 1.79. The molecular weight excluding hydrogens is 274 g/mol. The van der Waals surface area contributed by atoms with Crippen molar-refractivity contribution >= 4 is 0 Å². The molecule has 0 amide bonds. The second-order valence-corrected chi connectivity index (χ2v) is 4.31. The van der Waals surface area contributed by atoms with E-state index in [1.54, 1.807) is 0 Å². The zero-order valence-corrected chi connectivity index (χ0v) is 10.3. The standard InChI is InChI=1S/C14H11F4NO/c15-12-6-10(8-20)1-2-11(12)5-9-3-4-19-13(7-9)14(16,17)18/h1-4,6-7,20H,5,8H2. The predicted molar refractivity (Wildman–Crippen MR) is 64.4 cm³/mol. The van der Waals surface area contributed by atoms with Crippen molar-refractivity contribution in [1.82, 2.24) is 4.98 Å². The van der Waals surface area contributed by atoms with Crippen LogP contribution in [-0.4, -0.2) is 10.1 Å². The lowest BCUT2D eigenvalue weighted by molar-refractivity contribution is -0.141. The highest BCUT2D eigenvalue weighted by atomic mass is 19.4. The molecule has 0 unspecified atom stereocenters. The minimum Gasteiger partial charge on any atom is -0.392 e. The van der Waals surface area contributed by atoms with Crippen molar-refractivity contribution < 1.29 is 22.7 Å². The third-order valence-electron chi connectivity index (χ3n) is 2.81. The Labute approximate surface area is 112 Å². The summed E-state index contributed by atoms with van der Waals surface area (Å²) < 4.78 is 51.3. The average molecular weight is 285 g/mol. The first kappa shape index (κ1) is 14.5. The number of aromatic nitrogens is 1. The summed E-state index contributed by atoms with van der Waals surface area (Å²) in [7, 11) is 0. The van der Waals surface area contributed by atoms with Crippen molar-refractivity contribution in [2.45, 2.75) is 19.2 Å². The van der Waals surface area contributed by atoms with Gasteiger partial charge in [0.05, 0.1) is 6.61 Å². The van der Waals surface area contributed by atoms with Gasteiger partial charge in [-0.05, 0) is 34.9 Å². The summed E-state index contributed by atoms with van der Waals surface area (Å²) in [4.78, 5) is 3.25. The van der Waals surface area contributed by atoms with E-state index >= 15 is 0 Å². The maximum atomic E-state index is 13.7. The van der Waals surface area contributed by atoms with Crippen LogP contribution in [0.15, 0.2) is 36.5 Å². The van der Waals surface area contributed by atoms with Crippen LogP contribution in [0.4, 0.5) is 17.6 Å². The molecule has 0 aliphatic heterocycles. The van der Waals surface area contributed by atoms with Crippen molar-refractivity contribution in [3.05, 3.63) is 64.7 Å². The molecule has 0 saturated carbocycles. The van der Waals surface area contributed by atoms with E-state index in [9.17, 15) is 17.6 Å². The number of alkyl halides is 3. The van der Waals surface area contributed by atoms with E-state index in [-0.39, 0.29) is 18.6 Å². The van der Waals surface area contributed by atoms with Crippen molar-refractivity contribution in [2.24, 2.45) is 0 Å². The second kappa shape index (κ2) is 5.58. The Kier molecular flexibility index (Phi) is 4.04. The number of hydrogen-bond donors (Lipinski definition) is 1. The largest absolute Gasteiger partial charge is 0.433 e. The smallest absolute Gasteiger partial charge is 0.392 e. The van der Waals surface area contributed by atoms with E-state index in [1.807, 2.05) is 0 Å². The van der Waals surface area contributed by atoms with E-state index in [2.05, 4.69) is 4.98 Å². The second-order valence-electron chi connectivity index (χ2n) is 4.31. The number of hydrogen-bond acceptors (Lipinski definition) is 2. The van der Waals surface area contributed by atoms with Gasteiger partial charge in [0.2, 0.25) is 0 Å². The Morgan fingerprint density at radius 1 is 1.05 bits per heavy atom. The number of benzene rings is 1. The first-order valence-electron chi connectivity index (χ1n) is 5.80. The Hall–Kier alpha value is -1.95. The van der Waals surface area contributed by atoms with Gasteiger partial charge in [-0.1, -0.05) is 12.1 Å². The van der Waals surface area contributed by atoms with Crippen LogP contribution in [0.2, 0.25) is 0 Å². The molecule has 0 bridgehead atoms. The van der Waals surface area contributed by atoms with Crippen LogP contribution in [0.25, 0.3) is 0 Å². The molecule has 0 aliphatic carbocycles. The fraction of sp³-hybridized carbons (Fsp3) is 0.214. The van der Waals surface area contributed by atoms with E-state index in [1.165, 1.54) is 24.3 Å². The van der Waals surface area contributed by atoms with Gasteiger partial charge in [-0.2, -0.15) is 13.2 Å². The maximum Gasteiger partial charge on any atom is 0.433 e. The lowest BCUT2D eigenvalue weighted by atomic mass is 10.0. The van der Waals surface area contributed by atoms with Gasteiger partial charge in [0.25, 0.3) is 0 Å². The van der Waals surface area contributed by atoms with Crippen LogP contribution in [0.5, 0.6) is 0 Å². The summed E-state index contributed by atoms with van der Waals surface area (Å²) in [6.45, 7) is -0.287. The molecule has 0 fully saturated rings. The number of rotatable bonds is 3. The highest BCUT2D eigenvalue weighted by Crippen LogP contribution is 2.28. The maximum absolute atomic E-state index is 13.7. The summed E-state index contributed by atoms with van der Waals surface area (Å²) in [5, 5.41) is 8.87. The van der Waals surface area contributed by atoms with E-state index in [4.69, 9.17) is 5.11 Å². The molecule has 0 atom stereocenters. The van der Waals surface area contributed by atoms with E-state index in [0.717, 1.165) is 12.3 Å². The van der Waals surface area contributed by atoms with Gasteiger partial charge in [-0.15, -0.1) is 0 Å². The number of pyridine rings is 1. The van der Waals surface area contributed by atoms with Crippen LogP contribution in [0.3, 0.4) is 0 Å². The molecule has 2 aromatic rings. The molecule has 1 heterocycles. The van der Waals surface area contributed by atoms with Crippen LogP contribution in [0.1, 0.15) is 22.4 Å². The Balaban J connectivity index is 2.26. The highest BCUT2D eigenvalue weighted by molar-refractivity contribution is 5.30. The van der Waals surface area contributed by atoms with Crippen LogP contribution in [0, 0.1) is 5.82 Å². The quantitative estimate of drug-likeness (QED) is 0.878. The zero-order chi connectivity index (χ0) is 14.8. The van der Waals surface area contributed by atoms with Crippen LogP contribution < -0.4 is 0 Å². The molecule has 0 radical (unpaired) electrons. The lowest BCUT2D eigenvalue weighted by Gasteiger charge is -2.09. The van der Waals surface area contributed by atoms with Gasteiger partial charge in [0.15, 0.2) is 0 Å². The Morgan fingerprint density at radius 2 is 1.80 bits per heavy atom. The van der Waals surface area contributed by atoms with Gasteiger partial charge in [-0.3, -0.25) is 4.98 Å². The molecule has 1 N–H and O–H groups in total. The molecule has 106 valence electrons. The predicted octanol–water partition coefficient (Wildman–Crippen LogP) is 3.32. The lowest BCUT2D eigenvalue weighted by Crippen LogP contribution is -2.08. The molecule has 0 saturated heterocycles. The normalized spacial score (nSPS) is 11.7. The molecule has 1 aromatic heterocycles. The molecule has 6 heteroatoms. The minimum absolute atomic E-state index is 0.0309. The molecule has 2 nitrogen and oxygen atoms in total. The number of aliphatic hydroxyl groups excluding tert-OH is 1. The van der Waals surface area contributed by atoms with Gasteiger partial charge >= 0.3 is 6.18 Å². The van der Waals surface area contributed by atoms with Gasteiger partial charge in [0, 0.05) is 12.6 Å². The SMILES string of the molecule is OCc1ccc(Cc2ccnc(C(F)(F)F)c2)c(F)c1. The minimum atomic E-state index is -4.52. The summed E-state index contributed by atoms with van der Waals surface area (Å²) in [6.07, 6.45) is -3.43. The average Bonchev–Trinajstić information content (AvgIpc) is 2.40. The molecule has 20 heavy (non-hydrogen) atoms. The van der Waals surface area contributed by atoms with Crippen molar-refractivity contribution in [3.8, 4) is 0 Å². The third-order valence-corrected chi connectivity index (χ3v) is 2.81. The monoisotopic (exact) mass is 285 g/mol. The summed E-state index contributed by atoms with van der Waals surface area (Å²) >= 11 is 0. The first-order chi connectivity index (χ1) is 9.40. The summed E-state index contributed by atoms with van der Waals surface area (Å²) in [5.74, 6) is -0.554. The van der Waals surface area contributed by atoms with Gasteiger partial charge in [0.1, 0.15) is 11.5 Å². The van der Waals surface area contributed by atoms with Crippen molar-refractivity contribution in [3.63, 3.8) is 0 Å². The Bertz CT molecular complexity index is 610. The molecule has 0 spiro atoms. The van der Waals surface area contributed by atoms with E-state index in [0.29, 0.717) is 11.1 Å². The molecule has 1 aromatic carbocycles. The van der Waals surface area contributed by atoms with Crippen molar-refractivity contribution in [1.29, 1.82) is 0 Å². The van der Waals surface area contributed by atoms with Gasteiger partial charge in [-0.25, -0.2) is 4.39 Å². The molecule has 0 aliphatic rings. The number of aliphatic hydroxyl groups is 1. The van der Waals surface area contributed by atoms with Gasteiger partial charge < -0.3 is 5.11 Å². The Morgan fingerprint density at radius 3 is 2.40 bits per heavy atom. The molecule has 2 rings (SSSR count). The summed E-state index contributed by atoms with van der Waals surface area (Å²) in [6, 6.07) is 6.47. The topological polar surface area (TPSA) is 33.1 Å². The number of nitrogens with zero attached hydrogens (tertiary/aromatic N) is 1. The van der Waals surface area contributed by atoms with Crippen LogP contribution >= 0.6 is 0 Å². The van der Waals surface area contributed by atoms with E-state index < -0.39 is 17.7 Å². The van der Waals surface area contributed by atoms with Crippen molar-refractivity contribution in [2.75, 3.05) is 0 Å². The third kappa shape index (κ3) is 3.33. The zero-order valence-electron chi connectivity index (χ0n) is 10.3. The first-order valence-corrected chi connectivity index (χ1v) is 5.80. The molecular formula is C14H11F4NO. The summed E-state index contributed by atoms with van der Waals surface area (Å²) in [5.41, 5.74) is 0.00356. The van der Waals surface area contributed by atoms with Crippen LogP contribution in [-0.2, 0) is 19.2 Å².